The van der Waals surface area contributed by atoms with Crippen molar-refractivity contribution in [3.63, 3.8) is 0 Å². The molecule has 8 nitrogen and oxygen atoms in total. The zero-order valence-corrected chi connectivity index (χ0v) is 20.5. The predicted octanol–water partition coefficient (Wildman–Crippen LogP) is 3.97. The summed E-state index contributed by atoms with van der Waals surface area (Å²) in [6.45, 7) is 4.78. The average Bonchev–Trinajstić information content (AvgIpc) is 3.37. The van der Waals surface area contributed by atoms with Gasteiger partial charge in [0, 0.05) is 24.7 Å². The van der Waals surface area contributed by atoms with Crippen molar-refractivity contribution in [2.75, 3.05) is 23.0 Å². The monoisotopic (exact) mass is 490 g/mol. The number of hydrogen-bond acceptors (Lipinski definition) is 6. The number of fused-ring (bicyclic) bond motifs is 1. The van der Waals surface area contributed by atoms with Crippen molar-refractivity contribution in [3.8, 4) is 11.5 Å². The molecule has 2 saturated heterocycles. The van der Waals surface area contributed by atoms with Crippen LogP contribution in [0.25, 0.3) is 0 Å². The molecule has 188 valence electrons. The number of rotatable bonds is 6. The van der Waals surface area contributed by atoms with E-state index >= 15 is 0 Å². The maximum atomic E-state index is 13.0. The van der Waals surface area contributed by atoms with Crippen molar-refractivity contribution in [2.24, 2.45) is 23.7 Å². The molecule has 0 radical (unpaired) electrons. The van der Waals surface area contributed by atoms with Gasteiger partial charge in [-0.1, -0.05) is 13.0 Å². The zero-order chi connectivity index (χ0) is 25.4. The van der Waals surface area contributed by atoms with Crippen LogP contribution in [0.15, 0.2) is 48.5 Å². The van der Waals surface area contributed by atoms with E-state index in [1.807, 2.05) is 6.92 Å². The lowest BCUT2D eigenvalue weighted by Gasteiger charge is -2.25. The molecule has 5 rings (SSSR count). The van der Waals surface area contributed by atoms with Crippen LogP contribution in [0, 0.1) is 23.7 Å². The molecule has 2 heterocycles. The number of carbonyl (C=O) groups excluding carboxylic acids is 4. The minimum absolute atomic E-state index is 0.0520. The van der Waals surface area contributed by atoms with Gasteiger partial charge in [0.15, 0.2) is 0 Å². The summed E-state index contributed by atoms with van der Waals surface area (Å²) in [4.78, 5) is 54.4. The quantitative estimate of drug-likeness (QED) is 0.346. The van der Waals surface area contributed by atoms with Gasteiger partial charge in [-0.15, -0.1) is 0 Å². The van der Waals surface area contributed by atoms with Crippen molar-refractivity contribution in [2.45, 2.75) is 39.5 Å². The van der Waals surface area contributed by atoms with Crippen LogP contribution in [0.3, 0.4) is 0 Å². The van der Waals surface area contributed by atoms with Crippen LogP contribution in [0.5, 0.6) is 11.5 Å². The van der Waals surface area contributed by atoms with Crippen molar-refractivity contribution >= 4 is 35.1 Å². The maximum Gasteiger partial charge on any atom is 0.316 e. The molecule has 2 aromatic carbocycles. The minimum Gasteiger partial charge on any atom is -0.494 e. The molecule has 0 aromatic heterocycles. The second kappa shape index (κ2) is 9.76. The number of imide groups is 1. The second-order valence-electron chi connectivity index (χ2n) is 9.89. The Kier molecular flexibility index (Phi) is 6.51. The number of esters is 1. The third-order valence-electron chi connectivity index (χ3n) is 7.40. The van der Waals surface area contributed by atoms with Crippen LogP contribution < -0.4 is 19.3 Å². The summed E-state index contributed by atoms with van der Waals surface area (Å²) in [6, 6.07) is 13.7. The molecule has 3 amide bonds. The minimum atomic E-state index is -0.618. The standard InChI is InChI=1S/C28H30N2O6/c1-3-35-21-10-8-19(9-11-21)29-16-18(14-25(29)31)28(34)36-22-6-4-5-20(15-22)30-26(32)23-12-7-17(2)13-24(23)27(30)33/h4-6,8-11,15,17-18,23-24H,3,7,12-14,16H2,1-2H3/t17-,18+,23+,24-/m0/s1. The highest BCUT2D eigenvalue weighted by Crippen LogP contribution is 2.42. The van der Waals surface area contributed by atoms with E-state index in [0.717, 1.165) is 19.3 Å². The molecule has 2 aromatic rings. The first kappa shape index (κ1) is 24.0. The van der Waals surface area contributed by atoms with Crippen LogP contribution in [0.4, 0.5) is 11.4 Å². The number of ether oxygens (including phenoxy) is 2. The summed E-state index contributed by atoms with van der Waals surface area (Å²) >= 11 is 0. The molecule has 0 spiro atoms. The molecule has 1 saturated carbocycles. The van der Waals surface area contributed by atoms with Gasteiger partial charge < -0.3 is 14.4 Å². The van der Waals surface area contributed by atoms with E-state index in [2.05, 4.69) is 6.92 Å². The topological polar surface area (TPSA) is 93.2 Å². The highest BCUT2D eigenvalue weighted by molar-refractivity contribution is 6.22. The smallest absolute Gasteiger partial charge is 0.316 e. The van der Waals surface area contributed by atoms with Crippen LogP contribution in [-0.4, -0.2) is 36.8 Å². The molecule has 36 heavy (non-hydrogen) atoms. The van der Waals surface area contributed by atoms with Gasteiger partial charge in [-0.3, -0.25) is 19.2 Å². The van der Waals surface area contributed by atoms with E-state index in [4.69, 9.17) is 9.47 Å². The molecule has 8 heteroatoms. The van der Waals surface area contributed by atoms with Crippen molar-refractivity contribution in [3.05, 3.63) is 48.5 Å². The van der Waals surface area contributed by atoms with Gasteiger partial charge in [-0.2, -0.15) is 0 Å². The van der Waals surface area contributed by atoms with Gasteiger partial charge in [0.05, 0.1) is 30.0 Å². The number of anilines is 2. The van der Waals surface area contributed by atoms with E-state index in [9.17, 15) is 19.2 Å². The highest BCUT2D eigenvalue weighted by atomic mass is 16.5. The molecule has 3 fully saturated rings. The summed E-state index contributed by atoms with van der Waals surface area (Å²) in [6.07, 6.45) is 2.44. The zero-order valence-electron chi connectivity index (χ0n) is 20.5. The van der Waals surface area contributed by atoms with Crippen LogP contribution >= 0.6 is 0 Å². The number of hydrogen-bond donors (Lipinski definition) is 0. The van der Waals surface area contributed by atoms with Gasteiger partial charge >= 0.3 is 5.97 Å². The third kappa shape index (κ3) is 4.47. The number of carbonyl (C=O) groups is 4. The molecular formula is C28H30N2O6. The Balaban J connectivity index is 1.26. The third-order valence-corrected chi connectivity index (χ3v) is 7.40. The predicted molar refractivity (Wildman–Crippen MR) is 133 cm³/mol. The molecule has 4 atom stereocenters. The summed E-state index contributed by atoms with van der Waals surface area (Å²) < 4.78 is 11.0. The number of amides is 3. The van der Waals surface area contributed by atoms with Crippen LogP contribution in [0.1, 0.15) is 39.5 Å². The summed E-state index contributed by atoms with van der Waals surface area (Å²) in [5.74, 6) is -0.793. The lowest BCUT2D eigenvalue weighted by Crippen LogP contribution is -2.31. The fraction of sp³-hybridized carbons (Fsp3) is 0.429. The largest absolute Gasteiger partial charge is 0.494 e. The average molecular weight is 491 g/mol. The Hall–Kier alpha value is -3.68. The van der Waals surface area contributed by atoms with E-state index in [1.54, 1.807) is 53.4 Å². The SMILES string of the molecule is CCOc1ccc(N2C[C@H](C(=O)Oc3cccc(N4C(=O)[C@H]5C[C@@H](C)CC[C@H]5C4=O)c3)CC2=O)cc1. The Morgan fingerprint density at radius 2 is 1.69 bits per heavy atom. The van der Waals surface area contributed by atoms with Crippen molar-refractivity contribution in [1.82, 2.24) is 0 Å². The second-order valence-corrected chi connectivity index (χ2v) is 9.89. The lowest BCUT2D eigenvalue weighted by atomic mass is 9.76. The Morgan fingerprint density at radius 3 is 2.44 bits per heavy atom. The maximum absolute atomic E-state index is 13.0. The fourth-order valence-electron chi connectivity index (χ4n) is 5.53. The summed E-state index contributed by atoms with van der Waals surface area (Å²) in [5.41, 5.74) is 1.11. The summed E-state index contributed by atoms with van der Waals surface area (Å²) in [5, 5.41) is 0. The van der Waals surface area contributed by atoms with Crippen LogP contribution in [-0.2, 0) is 19.2 Å². The Bertz CT molecular complexity index is 1190. The van der Waals surface area contributed by atoms with Gasteiger partial charge in [0.1, 0.15) is 11.5 Å². The van der Waals surface area contributed by atoms with Gasteiger partial charge in [-0.05, 0) is 68.5 Å². The highest BCUT2D eigenvalue weighted by Gasteiger charge is 2.50. The first-order valence-corrected chi connectivity index (χ1v) is 12.6. The normalized spacial score (nSPS) is 25.8. The van der Waals surface area contributed by atoms with E-state index < -0.39 is 11.9 Å². The van der Waals surface area contributed by atoms with Crippen molar-refractivity contribution in [1.29, 1.82) is 0 Å². The first-order valence-electron chi connectivity index (χ1n) is 12.6. The Morgan fingerprint density at radius 1 is 0.944 bits per heavy atom. The lowest BCUT2D eigenvalue weighted by molar-refractivity contribution is -0.139. The van der Waals surface area contributed by atoms with Gasteiger partial charge in [0.2, 0.25) is 17.7 Å². The molecule has 2 aliphatic heterocycles. The summed E-state index contributed by atoms with van der Waals surface area (Å²) in [7, 11) is 0. The number of benzene rings is 2. The first-order chi connectivity index (χ1) is 17.4. The molecule has 0 bridgehead atoms. The Labute approximate surface area is 210 Å². The molecule has 0 unspecified atom stereocenters. The molecule has 1 aliphatic carbocycles. The molecule has 3 aliphatic rings. The molecular weight excluding hydrogens is 460 g/mol. The van der Waals surface area contributed by atoms with Crippen molar-refractivity contribution < 1.29 is 28.7 Å². The van der Waals surface area contributed by atoms with E-state index in [-0.39, 0.29) is 48.3 Å². The van der Waals surface area contributed by atoms with Gasteiger partial charge in [0.25, 0.3) is 0 Å². The molecule has 0 N–H and O–H groups in total. The van der Waals surface area contributed by atoms with Gasteiger partial charge in [-0.25, -0.2) is 4.90 Å². The van der Waals surface area contributed by atoms with E-state index in [1.165, 1.54) is 4.90 Å². The number of nitrogens with zero attached hydrogens (tertiary/aromatic N) is 2. The fourth-order valence-corrected chi connectivity index (χ4v) is 5.53. The van der Waals surface area contributed by atoms with E-state index in [0.29, 0.717) is 29.6 Å². The van der Waals surface area contributed by atoms with Crippen LogP contribution in [0.2, 0.25) is 0 Å².